The fraction of sp³-hybridized carbons (Fsp3) is 0.611. The minimum atomic E-state index is -1.05. The predicted molar refractivity (Wildman–Crippen MR) is 102 cm³/mol. The molecule has 0 spiro atoms. The van der Waals surface area contributed by atoms with Gasteiger partial charge in [0.1, 0.15) is 5.75 Å². The van der Waals surface area contributed by atoms with Crippen LogP contribution in [0.3, 0.4) is 0 Å². The van der Waals surface area contributed by atoms with Crippen molar-refractivity contribution in [2.24, 2.45) is 0 Å². The van der Waals surface area contributed by atoms with Gasteiger partial charge in [0.2, 0.25) is 0 Å². The molecule has 1 saturated heterocycles. The van der Waals surface area contributed by atoms with Crippen molar-refractivity contribution in [3.8, 4) is 5.75 Å². The number of benzene rings is 1. The Morgan fingerprint density at radius 1 is 1.12 bits per heavy atom. The third-order valence-corrected chi connectivity index (χ3v) is 7.74. The molecule has 4 N–H and O–H groups in total. The fourth-order valence-electron chi connectivity index (χ4n) is 3.02. The van der Waals surface area contributed by atoms with Crippen molar-refractivity contribution < 1.29 is 25.2 Å². The smallest absolute Gasteiger partial charge is 0.305 e. The molecule has 1 fully saturated rings. The monoisotopic (exact) mass is 386 g/mol. The molecule has 1 heterocycles. The first-order valence-corrected chi connectivity index (χ1v) is 10.5. The lowest BCUT2D eigenvalue weighted by molar-refractivity contribution is -0.139. The van der Waals surface area contributed by atoms with E-state index in [1.165, 1.54) is 0 Å². The molecule has 2 rings (SSSR count). The van der Waals surface area contributed by atoms with Crippen LogP contribution in [0.1, 0.15) is 37.7 Å². The first-order chi connectivity index (χ1) is 11.9. The molecule has 1 aromatic carbocycles. The number of carboxylic acid groups (broad SMARTS) is 1. The van der Waals surface area contributed by atoms with Gasteiger partial charge >= 0.3 is 5.97 Å². The summed E-state index contributed by atoms with van der Waals surface area (Å²) in [6.07, 6.45) is 1.45. The highest BCUT2D eigenvalue weighted by molar-refractivity contribution is 8.18. The molecule has 7 heteroatoms. The van der Waals surface area contributed by atoms with E-state index in [2.05, 4.69) is 0 Å². The van der Waals surface area contributed by atoms with Gasteiger partial charge in [-0.2, -0.15) is 0 Å². The quantitative estimate of drug-likeness (QED) is 0.518. The number of phenols is 1. The van der Waals surface area contributed by atoms with Crippen LogP contribution in [-0.2, 0) is 11.2 Å². The standard InChI is InChI=1S/C18H26O5S2/c19-14-4-2-13(3-5-14)6-7-18(24-8-1-9-25-18)12-16(21)10-15(20)11-17(22)23/h2-5,15-16,19-21H,1,6-12H2,(H,22,23)/t15-,16+/m1/s1. The van der Waals surface area contributed by atoms with Gasteiger partial charge in [-0.3, -0.25) is 4.79 Å². The minimum Gasteiger partial charge on any atom is -0.508 e. The van der Waals surface area contributed by atoms with E-state index in [4.69, 9.17) is 5.11 Å². The van der Waals surface area contributed by atoms with Crippen molar-refractivity contribution in [2.75, 3.05) is 11.5 Å². The highest BCUT2D eigenvalue weighted by Gasteiger charge is 2.36. The summed E-state index contributed by atoms with van der Waals surface area (Å²) in [5.41, 5.74) is 1.14. The zero-order valence-electron chi connectivity index (χ0n) is 14.1. The van der Waals surface area contributed by atoms with Crippen LogP contribution in [0.2, 0.25) is 0 Å². The summed E-state index contributed by atoms with van der Waals surface area (Å²) in [7, 11) is 0. The second kappa shape index (κ2) is 9.71. The maximum Gasteiger partial charge on any atom is 0.305 e. The lowest BCUT2D eigenvalue weighted by Crippen LogP contribution is -2.33. The van der Waals surface area contributed by atoms with Gasteiger partial charge in [0.15, 0.2) is 0 Å². The van der Waals surface area contributed by atoms with Crippen LogP contribution in [-0.4, -0.2) is 54.2 Å². The number of carboxylic acids is 1. The molecule has 25 heavy (non-hydrogen) atoms. The summed E-state index contributed by atoms with van der Waals surface area (Å²) < 4.78 is -0.113. The highest BCUT2D eigenvalue weighted by Crippen LogP contribution is 2.49. The van der Waals surface area contributed by atoms with E-state index in [0.717, 1.165) is 36.3 Å². The third-order valence-electron chi connectivity index (χ3n) is 4.25. The van der Waals surface area contributed by atoms with Gasteiger partial charge < -0.3 is 20.4 Å². The Morgan fingerprint density at radius 2 is 1.76 bits per heavy atom. The van der Waals surface area contributed by atoms with E-state index in [9.17, 15) is 20.1 Å². The van der Waals surface area contributed by atoms with Crippen molar-refractivity contribution >= 4 is 29.5 Å². The Labute approximate surface area is 156 Å². The normalized spacial score (nSPS) is 19.3. The SMILES string of the molecule is O=C(O)C[C@H](O)C[C@H](O)CC1(CCc2ccc(O)cc2)SCCCS1. The number of aromatic hydroxyl groups is 1. The van der Waals surface area contributed by atoms with Crippen LogP contribution in [0.4, 0.5) is 0 Å². The number of hydrogen-bond donors (Lipinski definition) is 4. The van der Waals surface area contributed by atoms with Crippen LogP contribution in [0.15, 0.2) is 24.3 Å². The average Bonchev–Trinajstić information content (AvgIpc) is 2.54. The summed E-state index contributed by atoms with van der Waals surface area (Å²) in [5, 5.41) is 38.2. The Kier molecular flexibility index (Phi) is 7.93. The summed E-state index contributed by atoms with van der Waals surface area (Å²) in [4.78, 5) is 10.7. The van der Waals surface area contributed by atoms with Crippen molar-refractivity contribution in [3.63, 3.8) is 0 Å². The molecule has 0 aromatic heterocycles. The van der Waals surface area contributed by atoms with Crippen LogP contribution in [0, 0.1) is 0 Å². The van der Waals surface area contributed by atoms with Crippen molar-refractivity contribution in [3.05, 3.63) is 29.8 Å². The van der Waals surface area contributed by atoms with E-state index >= 15 is 0 Å². The summed E-state index contributed by atoms with van der Waals surface area (Å²) in [6, 6.07) is 7.18. The maximum absolute atomic E-state index is 10.7. The second-order valence-corrected chi connectivity index (χ2v) is 9.69. The van der Waals surface area contributed by atoms with Crippen LogP contribution in [0.25, 0.3) is 0 Å². The van der Waals surface area contributed by atoms with Gasteiger partial charge in [0.05, 0.1) is 22.7 Å². The molecule has 0 saturated carbocycles. The molecular weight excluding hydrogens is 360 g/mol. The first kappa shape index (κ1) is 20.4. The van der Waals surface area contributed by atoms with Gasteiger partial charge in [-0.15, -0.1) is 23.5 Å². The molecule has 0 radical (unpaired) electrons. The molecule has 1 aliphatic rings. The third kappa shape index (κ3) is 7.09. The second-order valence-electron chi connectivity index (χ2n) is 6.47. The Morgan fingerprint density at radius 3 is 2.36 bits per heavy atom. The summed E-state index contributed by atoms with van der Waals surface area (Å²) in [6.45, 7) is 0. The zero-order chi connectivity index (χ0) is 18.3. The number of carbonyl (C=O) groups is 1. The number of phenolic OH excluding ortho intramolecular Hbond substituents is 1. The molecule has 5 nitrogen and oxygen atoms in total. The number of aliphatic carboxylic acids is 1. The number of rotatable bonds is 9. The number of thioether (sulfide) groups is 2. The van der Waals surface area contributed by atoms with Crippen LogP contribution >= 0.6 is 23.5 Å². The van der Waals surface area contributed by atoms with Gasteiger partial charge in [-0.25, -0.2) is 0 Å². The van der Waals surface area contributed by atoms with E-state index in [-0.39, 0.29) is 22.7 Å². The molecule has 1 aromatic rings. The molecule has 1 aliphatic heterocycles. The van der Waals surface area contributed by atoms with Gasteiger partial charge in [0.25, 0.3) is 0 Å². The molecule has 140 valence electrons. The molecule has 0 unspecified atom stereocenters. The molecule has 0 aliphatic carbocycles. The summed E-state index contributed by atoms with van der Waals surface area (Å²) >= 11 is 3.72. The van der Waals surface area contributed by atoms with Gasteiger partial charge in [-0.1, -0.05) is 12.1 Å². The Hall–Kier alpha value is -0.890. The molecule has 0 bridgehead atoms. The van der Waals surface area contributed by atoms with E-state index in [1.807, 2.05) is 35.7 Å². The lowest BCUT2D eigenvalue weighted by Gasteiger charge is -2.38. The van der Waals surface area contributed by atoms with Crippen molar-refractivity contribution in [2.45, 2.75) is 54.8 Å². The Bertz CT molecular complexity index is 543. The van der Waals surface area contributed by atoms with E-state index in [0.29, 0.717) is 6.42 Å². The molecule has 2 atom stereocenters. The topological polar surface area (TPSA) is 98.0 Å². The van der Waals surface area contributed by atoms with Gasteiger partial charge in [-0.05, 0) is 61.3 Å². The number of aryl methyl sites for hydroxylation is 1. The molecular formula is C18H26O5S2. The summed E-state index contributed by atoms with van der Waals surface area (Å²) in [5.74, 6) is 1.30. The predicted octanol–water partition coefficient (Wildman–Crippen LogP) is 2.87. The van der Waals surface area contributed by atoms with E-state index in [1.54, 1.807) is 12.1 Å². The highest BCUT2D eigenvalue weighted by atomic mass is 32.2. The maximum atomic E-state index is 10.7. The van der Waals surface area contributed by atoms with Crippen LogP contribution in [0.5, 0.6) is 5.75 Å². The Balaban J connectivity index is 1.94. The first-order valence-electron chi connectivity index (χ1n) is 8.52. The zero-order valence-corrected chi connectivity index (χ0v) is 15.8. The average molecular weight is 387 g/mol. The lowest BCUT2D eigenvalue weighted by atomic mass is 10.0. The number of aliphatic hydroxyl groups excluding tert-OH is 2. The minimum absolute atomic E-state index is 0.0916. The van der Waals surface area contributed by atoms with Crippen molar-refractivity contribution in [1.82, 2.24) is 0 Å². The largest absolute Gasteiger partial charge is 0.508 e. The van der Waals surface area contributed by atoms with Gasteiger partial charge in [0, 0.05) is 0 Å². The van der Waals surface area contributed by atoms with Crippen LogP contribution < -0.4 is 0 Å². The molecule has 0 amide bonds. The number of hydrogen-bond acceptors (Lipinski definition) is 6. The fourth-order valence-corrected chi connectivity index (χ4v) is 6.47. The number of aliphatic hydroxyl groups is 2. The van der Waals surface area contributed by atoms with Crippen molar-refractivity contribution in [1.29, 1.82) is 0 Å². The van der Waals surface area contributed by atoms with E-state index < -0.39 is 18.2 Å².